The van der Waals surface area contributed by atoms with Crippen LogP contribution in [0.2, 0.25) is 0 Å². The van der Waals surface area contributed by atoms with E-state index < -0.39 is 5.97 Å². The lowest BCUT2D eigenvalue weighted by Gasteiger charge is -2.10. The molecule has 0 fully saturated rings. The number of hydrogen-bond donors (Lipinski definition) is 1. The lowest BCUT2D eigenvalue weighted by atomic mass is 10.0. The molecule has 0 amide bonds. The molecular weight excluding hydrogens is 320 g/mol. The molecule has 0 atom stereocenters. The van der Waals surface area contributed by atoms with Gasteiger partial charge in [0.25, 0.3) is 0 Å². The summed E-state index contributed by atoms with van der Waals surface area (Å²) in [6.45, 7) is 4.82. The summed E-state index contributed by atoms with van der Waals surface area (Å²) in [5.74, 6) is 0.804. The highest BCUT2D eigenvalue weighted by Crippen LogP contribution is 2.30. The Morgan fingerprint density at radius 1 is 1.04 bits per heavy atom. The number of carbonyl (C=O) groups is 1. The minimum atomic E-state index is -1.01. The number of carboxylic acids is 1. The molecular formula is C20H22O5. The lowest BCUT2D eigenvalue weighted by Crippen LogP contribution is -2.01. The summed E-state index contributed by atoms with van der Waals surface area (Å²) in [6.07, 6.45) is 1.60. The summed E-state index contributed by atoms with van der Waals surface area (Å²) < 4.78 is 16.2. The van der Waals surface area contributed by atoms with Crippen LogP contribution in [0.25, 0.3) is 11.6 Å². The third-order valence-electron chi connectivity index (χ3n) is 3.48. The molecule has 2 aromatic rings. The van der Waals surface area contributed by atoms with E-state index >= 15 is 0 Å². The van der Waals surface area contributed by atoms with Gasteiger partial charge in [-0.15, -0.1) is 0 Å². The Balaban J connectivity index is 2.43. The quantitative estimate of drug-likeness (QED) is 0.577. The molecule has 1 N–H and O–H groups in total. The molecule has 5 nitrogen and oxygen atoms in total. The summed E-state index contributed by atoms with van der Waals surface area (Å²) in [5, 5.41) is 9.61. The third kappa shape index (κ3) is 4.76. The van der Waals surface area contributed by atoms with Crippen molar-refractivity contribution in [1.29, 1.82) is 0 Å². The van der Waals surface area contributed by atoms with Gasteiger partial charge in [-0.3, -0.25) is 0 Å². The van der Waals surface area contributed by atoms with Crippen molar-refractivity contribution in [3.8, 4) is 17.2 Å². The standard InChI is InChI=1S/C20H22O5/c1-4-24-16-8-6-7-15(13-16)17(20(21)22)11-14-9-10-18(25-5-2)19(12-14)23-3/h6-13H,4-5H2,1-3H3,(H,21,22)/b17-11-. The number of benzene rings is 2. The summed E-state index contributed by atoms with van der Waals surface area (Å²) in [7, 11) is 1.55. The molecule has 0 radical (unpaired) electrons. The van der Waals surface area contributed by atoms with Crippen LogP contribution in [0.5, 0.6) is 17.2 Å². The summed E-state index contributed by atoms with van der Waals surface area (Å²) in [5.41, 5.74) is 1.46. The van der Waals surface area contributed by atoms with E-state index in [-0.39, 0.29) is 5.57 Å². The monoisotopic (exact) mass is 342 g/mol. The van der Waals surface area contributed by atoms with Crippen LogP contribution < -0.4 is 14.2 Å². The maximum Gasteiger partial charge on any atom is 0.336 e. The number of ether oxygens (including phenoxy) is 3. The Morgan fingerprint density at radius 3 is 2.44 bits per heavy atom. The van der Waals surface area contributed by atoms with Crippen LogP contribution in [0.1, 0.15) is 25.0 Å². The molecule has 0 aliphatic rings. The van der Waals surface area contributed by atoms with E-state index in [0.717, 1.165) is 0 Å². The first-order valence-electron chi connectivity index (χ1n) is 8.08. The van der Waals surface area contributed by atoms with Gasteiger partial charge in [0, 0.05) is 0 Å². The van der Waals surface area contributed by atoms with Gasteiger partial charge in [-0.1, -0.05) is 18.2 Å². The fourth-order valence-corrected chi connectivity index (χ4v) is 2.40. The van der Waals surface area contributed by atoms with E-state index in [1.165, 1.54) is 0 Å². The molecule has 5 heteroatoms. The van der Waals surface area contributed by atoms with Crippen molar-refractivity contribution in [2.45, 2.75) is 13.8 Å². The van der Waals surface area contributed by atoms with Crippen LogP contribution in [0.3, 0.4) is 0 Å². The van der Waals surface area contributed by atoms with Crippen molar-refractivity contribution in [1.82, 2.24) is 0 Å². The largest absolute Gasteiger partial charge is 0.494 e. The van der Waals surface area contributed by atoms with Crippen LogP contribution in [-0.2, 0) is 4.79 Å². The molecule has 0 saturated heterocycles. The van der Waals surface area contributed by atoms with Crippen molar-refractivity contribution >= 4 is 17.6 Å². The average molecular weight is 342 g/mol. The van der Waals surface area contributed by atoms with Gasteiger partial charge < -0.3 is 19.3 Å². The second kappa shape index (κ2) is 8.78. The molecule has 0 aromatic heterocycles. The van der Waals surface area contributed by atoms with Crippen molar-refractivity contribution in [2.75, 3.05) is 20.3 Å². The van der Waals surface area contributed by atoms with Gasteiger partial charge in [-0.05, 0) is 55.3 Å². The molecule has 0 bridgehead atoms. The topological polar surface area (TPSA) is 65.0 Å². The van der Waals surface area contributed by atoms with E-state index in [1.807, 2.05) is 13.8 Å². The van der Waals surface area contributed by atoms with E-state index in [1.54, 1.807) is 55.7 Å². The zero-order valence-electron chi connectivity index (χ0n) is 14.6. The van der Waals surface area contributed by atoms with E-state index in [9.17, 15) is 9.90 Å². The van der Waals surface area contributed by atoms with Gasteiger partial charge >= 0.3 is 5.97 Å². The predicted molar refractivity (Wildman–Crippen MR) is 97.3 cm³/mol. The Hall–Kier alpha value is -2.95. The SMILES string of the molecule is CCOc1cccc(/C(=C/c2ccc(OCC)c(OC)c2)C(=O)O)c1. The maximum absolute atomic E-state index is 11.7. The fraction of sp³-hybridized carbons (Fsp3) is 0.250. The number of methoxy groups -OCH3 is 1. The van der Waals surface area contributed by atoms with Crippen LogP contribution in [0, 0.1) is 0 Å². The lowest BCUT2D eigenvalue weighted by molar-refractivity contribution is -0.130. The van der Waals surface area contributed by atoms with Crippen molar-refractivity contribution in [3.63, 3.8) is 0 Å². The highest BCUT2D eigenvalue weighted by molar-refractivity contribution is 6.20. The van der Waals surface area contributed by atoms with Gasteiger partial charge in [-0.25, -0.2) is 4.79 Å². The molecule has 0 aliphatic heterocycles. The number of aliphatic carboxylic acids is 1. The Morgan fingerprint density at radius 2 is 1.80 bits per heavy atom. The van der Waals surface area contributed by atoms with E-state index in [4.69, 9.17) is 14.2 Å². The van der Waals surface area contributed by atoms with Gasteiger partial charge in [0.2, 0.25) is 0 Å². The predicted octanol–water partition coefficient (Wildman–Crippen LogP) is 4.12. The first-order valence-corrected chi connectivity index (χ1v) is 8.08. The molecule has 0 saturated carbocycles. The van der Waals surface area contributed by atoms with Crippen LogP contribution in [0.15, 0.2) is 42.5 Å². The first-order chi connectivity index (χ1) is 12.1. The van der Waals surface area contributed by atoms with Crippen molar-refractivity contribution in [2.24, 2.45) is 0 Å². The second-order valence-corrected chi connectivity index (χ2v) is 5.17. The molecule has 0 aliphatic carbocycles. The molecule has 2 rings (SSSR count). The fourth-order valence-electron chi connectivity index (χ4n) is 2.40. The zero-order valence-corrected chi connectivity index (χ0v) is 14.6. The van der Waals surface area contributed by atoms with E-state index in [0.29, 0.717) is 41.6 Å². The molecule has 0 spiro atoms. The number of rotatable bonds is 8. The summed E-state index contributed by atoms with van der Waals surface area (Å²) in [6, 6.07) is 12.3. The third-order valence-corrected chi connectivity index (χ3v) is 3.48. The average Bonchev–Trinajstić information content (AvgIpc) is 2.61. The first kappa shape index (κ1) is 18.4. The minimum Gasteiger partial charge on any atom is -0.494 e. The van der Waals surface area contributed by atoms with Crippen LogP contribution in [-0.4, -0.2) is 31.4 Å². The van der Waals surface area contributed by atoms with Gasteiger partial charge in [0.05, 0.1) is 25.9 Å². The highest BCUT2D eigenvalue weighted by Gasteiger charge is 2.13. The number of hydrogen-bond acceptors (Lipinski definition) is 4. The molecule has 0 unspecified atom stereocenters. The Bertz CT molecular complexity index is 764. The second-order valence-electron chi connectivity index (χ2n) is 5.17. The molecule has 0 heterocycles. The minimum absolute atomic E-state index is 0.174. The van der Waals surface area contributed by atoms with Crippen molar-refractivity contribution in [3.05, 3.63) is 53.6 Å². The Kier molecular flexibility index (Phi) is 6.46. The molecule has 132 valence electrons. The van der Waals surface area contributed by atoms with Gasteiger partial charge in [0.1, 0.15) is 5.75 Å². The summed E-state index contributed by atoms with van der Waals surface area (Å²) in [4.78, 5) is 11.7. The van der Waals surface area contributed by atoms with Crippen LogP contribution in [0.4, 0.5) is 0 Å². The normalized spacial score (nSPS) is 11.1. The summed E-state index contributed by atoms with van der Waals surface area (Å²) >= 11 is 0. The zero-order chi connectivity index (χ0) is 18.2. The molecule has 25 heavy (non-hydrogen) atoms. The highest BCUT2D eigenvalue weighted by atomic mass is 16.5. The van der Waals surface area contributed by atoms with Gasteiger partial charge in [0.15, 0.2) is 11.5 Å². The molecule has 2 aromatic carbocycles. The smallest absolute Gasteiger partial charge is 0.336 e. The number of carboxylic acid groups (broad SMARTS) is 1. The van der Waals surface area contributed by atoms with Gasteiger partial charge in [-0.2, -0.15) is 0 Å². The Labute approximate surface area is 147 Å². The van der Waals surface area contributed by atoms with Crippen molar-refractivity contribution < 1.29 is 24.1 Å². The van der Waals surface area contributed by atoms with Crippen LogP contribution >= 0.6 is 0 Å². The maximum atomic E-state index is 11.7. The van der Waals surface area contributed by atoms with E-state index in [2.05, 4.69) is 0 Å².